The highest BCUT2D eigenvalue weighted by Gasteiger charge is 1.66. The van der Waals surface area contributed by atoms with E-state index in [-0.39, 0.29) is 0 Å². The molecule has 0 aromatic rings. The van der Waals surface area contributed by atoms with Gasteiger partial charge in [0.25, 0.3) is 0 Å². The molecule has 0 fully saturated rings. The van der Waals surface area contributed by atoms with E-state index in [9.17, 15) is 4.79 Å². The van der Waals surface area contributed by atoms with E-state index in [4.69, 9.17) is 0 Å². The van der Waals surface area contributed by atoms with Crippen LogP contribution in [0.5, 0.6) is 0 Å². The molecule has 1 nitrogen and oxygen atoms in total. The Hall–Kier alpha value is -1.11. The van der Waals surface area contributed by atoms with E-state index in [1.54, 1.807) is 0 Å². The first-order chi connectivity index (χ1) is 4.91. The second-order valence-electron chi connectivity index (χ2n) is 1.74. The van der Waals surface area contributed by atoms with Gasteiger partial charge in [0.1, 0.15) is 6.29 Å². The van der Waals surface area contributed by atoms with Gasteiger partial charge in [-0.2, -0.15) is 0 Å². The zero-order valence-electron chi connectivity index (χ0n) is 6.16. The molecule has 0 saturated heterocycles. The molecule has 0 aliphatic carbocycles. The van der Waals surface area contributed by atoms with Crippen molar-refractivity contribution in [1.82, 2.24) is 0 Å². The van der Waals surface area contributed by atoms with E-state index in [2.05, 4.69) is 0 Å². The van der Waals surface area contributed by atoms with Gasteiger partial charge in [0, 0.05) is 6.42 Å². The molecule has 0 amide bonds. The van der Waals surface area contributed by atoms with E-state index < -0.39 is 0 Å². The Balaban J connectivity index is 3.41. The Kier molecular flexibility index (Phi) is 7.01. The molecule has 10 heavy (non-hydrogen) atoms. The monoisotopic (exact) mass is 136 g/mol. The van der Waals surface area contributed by atoms with Gasteiger partial charge in [0.05, 0.1) is 0 Å². The molecule has 0 aromatic carbocycles. The Labute approximate surface area is 61.8 Å². The highest BCUT2D eigenvalue weighted by molar-refractivity contribution is 5.52. The van der Waals surface area contributed by atoms with Gasteiger partial charge < -0.3 is 4.79 Å². The maximum absolute atomic E-state index is 9.80. The van der Waals surface area contributed by atoms with Crippen molar-refractivity contribution < 1.29 is 4.79 Å². The van der Waals surface area contributed by atoms with E-state index in [1.165, 1.54) is 0 Å². The fourth-order valence-corrected chi connectivity index (χ4v) is 0.452. The van der Waals surface area contributed by atoms with Crippen molar-refractivity contribution in [3.63, 3.8) is 0 Å². The van der Waals surface area contributed by atoms with Crippen LogP contribution in [0, 0.1) is 0 Å². The molecular weight excluding hydrogens is 124 g/mol. The lowest BCUT2D eigenvalue weighted by Crippen LogP contribution is -1.62. The molecule has 0 atom stereocenters. The minimum atomic E-state index is 0.500. The van der Waals surface area contributed by atoms with Crippen molar-refractivity contribution in [3.05, 3.63) is 36.5 Å². The number of hydrogen-bond donors (Lipinski definition) is 0. The Morgan fingerprint density at radius 3 is 2.40 bits per heavy atom. The highest BCUT2D eigenvalue weighted by Crippen LogP contribution is 1.81. The topological polar surface area (TPSA) is 17.1 Å². The predicted octanol–water partition coefficient (Wildman–Crippen LogP) is 2.26. The van der Waals surface area contributed by atoms with Gasteiger partial charge in [-0.15, -0.1) is 0 Å². The molecule has 0 radical (unpaired) electrons. The maximum Gasteiger partial charge on any atom is 0.123 e. The van der Waals surface area contributed by atoms with Gasteiger partial charge in [-0.05, 0) is 6.92 Å². The molecule has 0 aliphatic rings. The van der Waals surface area contributed by atoms with Crippen LogP contribution in [0.4, 0.5) is 0 Å². The molecule has 0 heterocycles. The van der Waals surface area contributed by atoms with Crippen molar-refractivity contribution >= 4 is 6.29 Å². The van der Waals surface area contributed by atoms with Crippen LogP contribution in [0.1, 0.15) is 13.3 Å². The number of carbonyl (C=O) groups excluding carboxylic acids is 1. The lowest BCUT2D eigenvalue weighted by molar-refractivity contribution is -0.107. The fourth-order valence-electron chi connectivity index (χ4n) is 0.452. The Bertz CT molecular complexity index is 152. The first-order valence-corrected chi connectivity index (χ1v) is 3.30. The first-order valence-electron chi connectivity index (χ1n) is 3.30. The van der Waals surface area contributed by atoms with Crippen LogP contribution in [0.2, 0.25) is 0 Å². The zero-order valence-corrected chi connectivity index (χ0v) is 6.16. The molecule has 0 rings (SSSR count). The molecule has 0 aliphatic heterocycles. The molecule has 0 bridgehead atoms. The highest BCUT2D eigenvalue weighted by atomic mass is 16.1. The standard InChI is InChI=1S/C9H12O/c1-2-3-4-5-6-7-8-9-10/h2-7,9H,8H2,1H3. The van der Waals surface area contributed by atoms with Crippen molar-refractivity contribution in [1.29, 1.82) is 0 Å². The summed E-state index contributed by atoms with van der Waals surface area (Å²) in [7, 11) is 0. The summed E-state index contributed by atoms with van der Waals surface area (Å²) in [5, 5.41) is 0. The van der Waals surface area contributed by atoms with Crippen LogP contribution < -0.4 is 0 Å². The van der Waals surface area contributed by atoms with E-state index in [1.807, 2.05) is 43.4 Å². The van der Waals surface area contributed by atoms with Crippen molar-refractivity contribution in [3.8, 4) is 0 Å². The summed E-state index contributed by atoms with van der Waals surface area (Å²) in [6.45, 7) is 1.96. The van der Waals surface area contributed by atoms with Gasteiger partial charge in [-0.1, -0.05) is 36.5 Å². The summed E-state index contributed by atoms with van der Waals surface area (Å²) < 4.78 is 0. The molecule has 54 valence electrons. The average molecular weight is 136 g/mol. The van der Waals surface area contributed by atoms with Crippen LogP contribution >= 0.6 is 0 Å². The normalized spacial score (nSPS) is 12.1. The SMILES string of the molecule is CC=CC=CC=CCC=O. The van der Waals surface area contributed by atoms with Crippen molar-refractivity contribution in [2.24, 2.45) is 0 Å². The minimum absolute atomic E-state index is 0.500. The predicted molar refractivity (Wildman–Crippen MR) is 43.8 cm³/mol. The van der Waals surface area contributed by atoms with Crippen molar-refractivity contribution in [2.75, 3.05) is 0 Å². The minimum Gasteiger partial charge on any atom is -0.303 e. The van der Waals surface area contributed by atoms with Gasteiger partial charge in [0.2, 0.25) is 0 Å². The Morgan fingerprint density at radius 2 is 1.80 bits per heavy atom. The summed E-state index contributed by atoms with van der Waals surface area (Å²) in [5.41, 5.74) is 0. The van der Waals surface area contributed by atoms with Gasteiger partial charge in [-0.3, -0.25) is 0 Å². The molecular formula is C9H12O. The average Bonchev–Trinajstić information content (AvgIpc) is 1.97. The number of carbonyl (C=O) groups is 1. The largest absolute Gasteiger partial charge is 0.303 e. The Morgan fingerprint density at radius 1 is 1.10 bits per heavy atom. The van der Waals surface area contributed by atoms with Gasteiger partial charge in [-0.25, -0.2) is 0 Å². The number of hydrogen-bond acceptors (Lipinski definition) is 1. The number of aldehydes is 1. The summed E-state index contributed by atoms with van der Waals surface area (Å²) in [4.78, 5) is 9.80. The quantitative estimate of drug-likeness (QED) is 0.428. The number of rotatable bonds is 4. The summed E-state index contributed by atoms with van der Waals surface area (Å²) >= 11 is 0. The molecule has 0 spiro atoms. The van der Waals surface area contributed by atoms with E-state index in [0.717, 1.165) is 6.29 Å². The third kappa shape index (κ3) is 6.89. The molecule has 0 aromatic heterocycles. The summed E-state index contributed by atoms with van der Waals surface area (Å²) in [5.74, 6) is 0. The lowest BCUT2D eigenvalue weighted by Gasteiger charge is -1.72. The first kappa shape index (κ1) is 8.89. The summed E-state index contributed by atoms with van der Waals surface area (Å²) in [6.07, 6.45) is 12.7. The molecule has 0 unspecified atom stereocenters. The second kappa shape index (κ2) is 7.89. The lowest BCUT2D eigenvalue weighted by atomic mass is 10.3. The second-order valence-corrected chi connectivity index (χ2v) is 1.74. The van der Waals surface area contributed by atoms with Gasteiger partial charge in [0.15, 0.2) is 0 Å². The number of allylic oxidation sites excluding steroid dienone is 6. The van der Waals surface area contributed by atoms with E-state index >= 15 is 0 Å². The van der Waals surface area contributed by atoms with Crippen LogP contribution in [-0.4, -0.2) is 6.29 Å². The van der Waals surface area contributed by atoms with Crippen LogP contribution in [0.15, 0.2) is 36.5 Å². The van der Waals surface area contributed by atoms with Crippen LogP contribution in [-0.2, 0) is 4.79 Å². The van der Waals surface area contributed by atoms with E-state index in [0.29, 0.717) is 6.42 Å². The van der Waals surface area contributed by atoms with Crippen LogP contribution in [0.3, 0.4) is 0 Å². The third-order valence-corrected chi connectivity index (χ3v) is 0.894. The van der Waals surface area contributed by atoms with Crippen LogP contribution in [0.25, 0.3) is 0 Å². The molecule has 0 saturated carbocycles. The third-order valence-electron chi connectivity index (χ3n) is 0.894. The molecule has 0 N–H and O–H groups in total. The van der Waals surface area contributed by atoms with Crippen molar-refractivity contribution in [2.45, 2.75) is 13.3 Å². The smallest absolute Gasteiger partial charge is 0.123 e. The molecule has 1 heteroatoms. The maximum atomic E-state index is 9.80. The fraction of sp³-hybridized carbons (Fsp3) is 0.222. The van der Waals surface area contributed by atoms with Gasteiger partial charge >= 0.3 is 0 Å². The summed E-state index contributed by atoms with van der Waals surface area (Å²) in [6, 6.07) is 0. The zero-order chi connectivity index (χ0) is 7.66.